The van der Waals surface area contributed by atoms with Crippen LogP contribution in [0, 0.1) is 5.92 Å². The van der Waals surface area contributed by atoms with E-state index in [1.807, 2.05) is 7.05 Å². The van der Waals surface area contributed by atoms with Gasteiger partial charge in [-0.2, -0.15) is 5.10 Å². The SMILES string of the molecule is Cn1nc(Br)c2c(N3CCC(C4OCCO4)CC3)ncnc21. The Bertz CT molecular complexity index is 677. The van der Waals surface area contributed by atoms with Crippen LogP contribution in [-0.2, 0) is 16.5 Å². The standard InChI is InChI=1S/C14H18BrN5O2/c1-19-12-10(11(15)18-19)13(17-8-16-12)20-4-2-9(3-5-20)14-21-6-7-22-14/h8-9,14H,2-7H2,1H3. The van der Waals surface area contributed by atoms with Crippen molar-refractivity contribution in [2.75, 3.05) is 31.2 Å². The van der Waals surface area contributed by atoms with Crippen LogP contribution in [0.2, 0.25) is 0 Å². The number of ether oxygens (including phenoxy) is 2. The summed E-state index contributed by atoms with van der Waals surface area (Å²) in [5.41, 5.74) is 0.849. The lowest BCUT2D eigenvalue weighted by Gasteiger charge is -2.34. The number of rotatable bonds is 2. The summed E-state index contributed by atoms with van der Waals surface area (Å²) in [5.74, 6) is 1.44. The van der Waals surface area contributed by atoms with Crippen molar-refractivity contribution in [1.29, 1.82) is 0 Å². The molecule has 0 bridgehead atoms. The molecule has 0 N–H and O–H groups in total. The molecule has 2 fully saturated rings. The Hall–Kier alpha value is -1.25. The summed E-state index contributed by atoms with van der Waals surface area (Å²) in [5, 5.41) is 5.37. The third-order valence-corrected chi connectivity index (χ3v) is 4.98. The Balaban J connectivity index is 1.56. The molecule has 0 aliphatic carbocycles. The lowest BCUT2D eigenvalue weighted by Crippen LogP contribution is -2.38. The summed E-state index contributed by atoms with van der Waals surface area (Å²) in [6, 6.07) is 0. The monoisotopic (exact) mass is 367 g/mol. The van der Waals surface area contributed by atoms with Gasteiger partial charge < -0.3 is 14.4 Å². The highest BCUT2D eigenvalue weighted by molar-refractivity contribution is 9.10. The van der Waals surface area contributed by atoms with E-state index in [-0.39, 0.29) is 6.29 Å². The van der Waals surface area contributed by atoms with Gasteiger partial charge in [0.25, 0.3) is 0 Å². The third kappa shape index (κ3) is 2.39. The largest absolute Gasteiger partial charge is 0.356 e. The van der Waals surface area contributed by atoms with Crippen LogP contribution in [0.25, 0.3) is 11.0 Å². The van der Waals surface area contributed by atoms with Crippen molar-refractivity contribution in [2.24, 2.45) is 13.0 Å². The van der Waals surface area contributed by atoms with Crippen molar-refractivity contribution >= 4 is 32.8 Å². The number of fused-ring (bicyclic) bond motifs is 1. The Morgan fingerprint density at radius 3 is 2.64 bits per heavy atom. The molecule has 2 aromatic rings. The lowest BCUT2D eigenvalue weighted by molar-refractivity contribution is -0.0889. The highest BCUT2D eigenvalue weighted by atomic mass is 79.9. The molecule has 118 valence electrons. The normalized spacial score (nSPS) is 21.1. The van der Waals surface area contributed by atoms with Gasteiger partial charge in [-0.25, -0.2) is 14.6 Å². The zero-order valence-corrected chi connectivity index (χ0v) is 14.0. The van der Waals surface area contributed by atoms with Gasteiger partial charge in [-0.1, -0.05) is 0 Å². The molecule has 0 radical (unpaired) electrons. The summed E-state index contributed by atoms with van der Waals surface area (Å²) in [6.07, 6.45) is 3.70. The molecule has 2 aromatic heterocycles. The molecule has 22 heavy (non-hydrogen) atoms. The topological polar surface area (TPSA) is 65.3 Å². The van der Waals surface area contributed by atoms with Gasteiger partial charge in [0.15, 0.2) is 11.9 Å². The Morgan fingerprint density at radius 2 is 1.91 bits per heavy atom. The molecular weight excluding hydrogens is 350 g/mol. The highest BCUT2D eigenvalue weighted by Gasteiger charge is 2.31. The lowest BCUT2D eigenvalue weighted by atomic mass is 9.96. The minimum atomic E-state index is -0.0160. The van der Waals surface area contributed by atoms with E-state index in [0.29, 0.717) is 5.92 Å². The molecule has 0 spiro atoms. The number of aromatic nitrogens is 4. The van der Waals surface area contributed by atoms with Crippen molar-refractivity contribution in [3.05, 3.63) is 10.9 Å². The fraction of sp³-hybridized carbons (Fsp3) is 0.643. The van der Waals surface area contributed by atoms with E-state index in [0.717, 1.165) is 60.6 Å². The number of aryl methyl sites for hydroxylation is 1. The Morgan fingerprint density at radius 1 is 1.18 bits per heavy atom. The molecule has 8 heteroatoms. The van der Waals surface area contributed by atoms with Crippen molar-refractivity contribution in [3.63, 3.8) is 0 Å². The van der Waals surface area contributed by atoms with E-state index >= 15 is 0 Å². The predicted molar refractivity (Wildman–Crippen MR) is 84.6 cm³/mol. The van der Waals surface area contributed by atoms with Crippen LogP contribution >= 0.6 is 15.9 Å². The molecule has 0 aromatic carbocycles. The van der Waals surface area contributed by atoms with E-state index in [1.165, 1.54) is 0 Å². The molecular formula is C14H18BrN5O2. The minimum absolute atomic E-state index is 0.0160. The van der Waals surface area contributed by atoms with Gasteiger partial charge in [0.2, 0.25) is 0 Å². The van der Waals surface area contributed by atoms with E-state index in [4.69, 9.17) is 9.47 Å². The third-order valence-electron chi connectivity index (χ3n) is 4.43. The second-order valence-corrected chi connectivity index (χ2v) is 6.50. The quantitative estimate of drug-likeness (QED) is 0.804. The average Bonchev–Trinajstić information content (AvgIpc) is 3.17. The van der Waals surface area contributed by atoms with Crippen LogP contribution < -0.4 is 4.90 Å². The van der Waals surface area contributed by atoms with Gasteiger partial charge in [-0.3, -0.25) is 0 Å². The summed E-state index contributed by atoms with van der Waals surface area (Å²) >= 11 is 3.52. The van der Waals surface area contributed by atoms with Gasteiger partial charge in [0, 0.05) is 26.1 Å². The second kappa shape index (κ2) is 5.75. The molecule has 2 saturated heterocycles. The Kier molecular flexibility index (Phi) is 3.75. The van der Waals surface area contributed by atoms with Crippen LogP contribution in [0.4, 0.5) is 5.82 Å². The van der Waals surface area contributed by atoms with Crippen molar-refractivity contribution in [3.8, 4) is 0 Å². The number of hydrogen-bond donors (Lipinski definition) is 0. The minimum Gasteiger partial charge on any atom is -0.356 e. The molecule has 7 nitrogen and oxygen atoms in total. The van der Waals surface area contributed by atoms with Gasteiger partial charge in [-0.05, 0) is 28.8 Å². The first-order valence-corrected chi connectivity index (χ1v) is 8.34. The fourth-order valence-electron chi connectivity index (χ4n) is 3.30. The van der Waals surface area contributed by atoms with Crippen molar-refractivity contribution < 1.29 is 9.47 Å². The first-order valence-electron chi connectivity index (χ1n) is 7.55. The van der Waals surface area contributed by atoms with Crippen LogP contribution in [-0.4, -0.2) is 52.3 Å². The molecule has 2 aliphatic heterocycles. The zero-order valence-electron chi connectivity index (χ0n) is 12.4. The van der Waals surface area contributed by atoms with E-state index in [1.54, 1.807) is 11.0 Å². The summed E-state index contributed by atoms with van der Waals surface area (Å²) in [6.45, 7) is 3.34. The molecule has 0 unspecified atom stereocenters. The van der Waals surface area contributed by atoms with Crippen LogP contribution in [0.1, 0.15) is 12.8 Å². The molecule has 0 amide bonds. The number of hydrogen-bond acceptors (Lipinski definition) is 6. The average molecular weight is 368 g/mol. The smallest absolute Gasteiger partial charge is 0.164 e. The van der Waals surface area contributed by atoms with E-state index in [2.05, 4.69) is 35.9 Å². The maximum absolute atomic E-state index is 5.64. The second-order valence-electron chi connectivity index (χ2n) is 5.74. The Labute approximate surface area is 136 Å². The highest BCUT2D eigenvalue weighted by Crippen LogP contribution is 2.33. The van der Waals surface area contributed by atoms with Crippen molar-refractivity contribution in [2.45, 2.75) is 19.1 Å². The number of piperidine rings is 1. The number of nitrogens with zero attached hydrogens (tertiary/aromatic N) is 5. The summed E-state index contributed by atoms with van der Waals surface area (Å²) in [4.78, 5) is 11.1. The predicted octanol–water partition coefficient (Wildman–Crippen LogP) is 1.72. The molecule has 4 rings (SSSR count). The molecule has 4 heterocycles. The maximum atomic E-state index is 5.64. The first kappa shape index (κ1) is 14.3. The van der Waals surface area contributed by atoms with E-state index < -0.39 is 0 Å². The first-order chi connectivity index (χ1) is 10.7. The summed E-state index contributed by atoms with van der Waals surface area (Å²) in [7, 11) is 1.89. The van der Waals surface area contributed by atoms with Gasteiger partial charge in [-0.15, -0.1) is 0 Å². The fourth-order valence-corrected chi connectivity index (χ4v) is 3.89. The maximum Gasteiger partial charge on any atom is 0.164 e. The van der Waals surface area contributed by atoms with Gasteiger partial charge in [0.05, 0.1) is 18.6 Å². The van der Waals surface area contributed by atoms with Crippen molar-refractivity contribution in [1.82, 2.24) is 19.7 Å². The summed E-state index contributed by atoms with van der Waals surface area (Å²) < 4.78 is 13.8. The van der Waals surface area contributed by atoms with Crippen LogP contribution in [0.3, 0.4) is 0 Å². The van der Waals surface area contributed by atoms with E-state index in [9.17, 15) is 0 Å². The molecule has 2 aliphatic rings. The molecule has 0 atom stereocenters. The van der Waals surface area contributed by atoms with Gasteiger partial charge >= 0.3 is 0 Å². The van der Waals surface area contributed by atoms with Gasteiger partial charge in [0.1, 0.15) is 16.7 Å². The number of anilines is 1. The van der Waals surface area contributed by atoms with Crippen LogP contribution in [0.5, 0.6) is 0 Å². The molecule has 0 saturated carbocycles. The zero-order chi connectivity index (χ0) is 15.1. The number of halogens is 1. The van der Waals surface area contributed by atoms with Crippen LogP contribution in [0.15, 0.2) is 10.9 Å².